The number of morpholine rings is 1. The lowest BCUT2D eigenvalue weighted by Crippen LogP contribution is -2.50. The second kappa shape index (κ2) is 10.5. The van der Waals surface area contributed by atoms with Gasteiger partial charge >= 0.3 is 0 Å². The number of ether oxygens (including phenoxy) is 3. The van der Waals surface area contributed by atoms with Crippen LogP contribution in [0, 0.1) is 5.92 Å². The van der Waals surface area contributed by atoms with Gasteiger partial charge in [0, 0.05) is 24.7 Å². The molecule has 9 heteroatoms. The molecule has 2 saturated heterocycles. The van der Waals surface area contributed by atoms with Crippen molar-refractivity contribution in [2.75, 3.05) is 52.7 Å². The number of fused-ring (bicyclic) bond motifs is 1. The van der Waals surface area contributed by atoms with E-state index in [-0.39, 0.29) is 6.04 Å². The number of nitrogens with one attached hydrogen (secondary N) is 1. The molecule has 0 bridgehead atoms. The van der Waals surface area contributed by atoms with E-state index in [4.69, 9.17) is 14.2 Å². The quantitative estimate of drug-likeness (QED) is 0.648. The van der Waals surface area contributed by atoms with Crippen LogP contribution >= 0.6 is 0 Å². The van der Waals surface area contributed by atoms with E-state index < -0.39 is 10.2 Å². The van der Waals surface area contributed by atoms with E-state index in [1.54, 1.807) is 0 Å². The first-order chi connectivity index (χ1) is 16.1. The molecule has 0 aromatic heterocycles. The fourth-order valence-corrected chi connectivity index (χ4v) is 7.18. The Morgan fingerprint density at radius 2 is 1.70 bits per heavy atom. The molecule has 1 aromatic rings. The lowest BCUT2D eigenvalue weighted by molar-refractivity contribution is 0.0721. The summed E-state index contributed by atoms with van der Waals surface area (Å²) in [6, 6.07) is 6.33. The van der Waals surface area contributed by atoms with E-state index in [0.717, 1.165) is 69.7 Å². The summed E-state index contributed by atoms with van der Waals surface area (Å²) >= 11 is 0. The minimum absolute atomic E-state index is 0.0728. The van der Waals surface area contributed by atoms with Crippen molar-refractivity contribution in [3.8, 4) is 11.5 Å². The maximum Gasteiger partial charge on any atom is 0.279 e. The molecular formula is C24H37N3O5S. The minimum atomic E-state index is -3.38. The molecule has 3 fully saturated rings. The fourth-order valence-electron chi connectivity index (χ4n) is 5.75. The van der Waals surface area contributed by atoms with Crippen LogP contribution in [0.25, 0.3) is 0 Å². The molecule has 3 heterocycles. The highest BCUT2D eigenvalue weighted by atomic mass is 32.2. The van der Waals surface area contributed by atoms with E-state index in [1.807, 2.05) is 6.07 Å². The summed E-state index contributed by atoms with van der Waals surface area (Å²) < 4.78 is 46.2. The number of piperidine rings is 1. The van der Waals surface area contributed by atoms with Crippen LogP contribution in [0.15, 0.2) is 18.2 Å². The Labute approximate surface area is 197 Å². The second-order valence-corrected chi connectivity index (χ2v) is 11.5. The standard InChI is InChI=1S/C24H37N3O5S/c28-33(29,27-14-16-30-17-15-27)25-21-6-4-19(5-7-21)8-11-26-12-9-20(10-13-26)22-2-1-3-23-24(22)32-18-31-23/h1-3,19-21,25H,4-18H2. The van der Waals surface area contributed by atoms with Crippen LogP contribution in [0.4, 0.5) is 0 Å². The third-order valence-electron chi connectivity index (χ3n) is 7.78. The number of hydrogen-bond donors (Lipinski definition) is 1. The lowest BCUT2D eigenvalue weighted by atomic mass is 9.84. The number of hydrogen-bond acceptors (Lipinski definition) is 6. The average Bonchev–Trinajstić information content (AvgIpc) is 3.34. The molecule has 0 spiro atoms. The molecule has 5 rings (SSSR count). The van der Waals surface area contributed by atoms with Crippen LogP contribution < -0.4 is 14.2 Å². The van der Waals surface area contributed by atoms with Gasteiger partial charge in [-0.3, -0.25) is 0 Å². The Morgan fingerprint density at radius 3 is 2.45 bits per heavy atom. The Kier molecular flexibility index (Phi) is 7.42. The zero-order valence-corrected chi connectivity index (χ0v) is 20.2. The van der Waals surface area contributed by atoms with E-state index in [0.29, 0.717) is 44.9 Å². The SMILES string of the molecule is O=S(=O)(NC1CCC(CCN2CCC(c3cccc4c3OCO4)CC2)CC1)N1CCOCC1. The van der Waals surface area contributed by atoms with Crippen molar-refractivity contribution in [1.82, 2.24) is 13.9 Å². The topological polar surface area (TPSA) is 80.3 Å². The molecule has 0 unspecified atom stereocenters. The molecule has 1 saturated carbocycles. The van der Waals surface area contributed by atoms with E-state index >= 15 is 0 Å². The molecule has 1 N–H and O–H groups in total. The largest absolute Gasteiger partial charge is 0.454 e. The molecule has 4 aliphatic rings. The number of nitrogens with zero attached hydrogens (tertiary/aromatic N) is 2. The summed E-state index contributed by atoms with van der Waals surface area (Å²) in [6.45, 7) is 5.62. The summed E-state index contributed by atoms with van der Waals surface area (Å²) in [5.74, 6) is 3.09. The Balaban J connectivity index is 1.02. The number of rotatable bonds is 7. The van der Waals surface area contributed by atoms with Crippen LogP contribution in [-0.4, -0.2) is 76.4 Å². The van der Waals surface area contributed by atoms with Crippen molar-refractivity contribution >= 4 is 10.2 Å². The van der Waals surface area contributed by atoms with Crippen molar-refractivity contribution in [3.05, 3.63) is 23.8 Å². The smallest absolute Gasteiger partial charge is 0.279 e. The van der Waals surface area contributed by atoms with Gasteiger partial charge in [0.2, 0.25) is 6.79 Å². The molecule has 0 radical (unpaired) electrons. The Morgan fingerprint density at radius 1 is 0.939 bits per heavy atom. The highest BCUT2D eigenvalue weighted by Crippen LogP contribution is 2.42. The fraction of sp³-hybridized carbons (Fsp3) is 0.750. The van der Waals surface area contributed by atoms with Crippen molar-refractivity contribution in [2.24, 2.45) is 5.92 Å². The van der Waals surface area contributed by atoms with Gasteiger partial charge in [0.1, 0.15) is 0 Å². The van der Waals surface area contributed by atoms with Crippen LogP contribution in [0.2, 0.25) is 0 Å². The number of likely N-dealkylation sites (tertiary alicyclic amines) is 1. The van der Waals surface area contributed by atoms with Gasteiger partial charge in [-0.25, -0.2) is 0 Å². The third kappa shape index (κ3) is 5.65. The third-order valence-corrected chi connectivity index (χ3v) is 9.46. The molecule has 1 aromatic carbocycles. The highest BCUT2D eigenvalue weighted by Gasteiger charge is 2.31. The summed E-state index contributed by atoms with van der Waals surface area (Å²) in [4.78, 5) is 2.60. The van der Waals surface area contributed by atoms with Gasteiger partial charge in [0.15, 0.2) is 11.5 Å². The Bertz CT molecular complexity index is 889. The predicted octanol–water partition coefficient (Wildman–Crippen LogP) is 2.71. The van der Waals surface area contributed by atoms with E-state index in [2.05, 4.69) is 21.8 Å². The Hall–Kier alpha value is -1.39. The first-order valence-electron chi connectivity index (χ1n) is 12.5. The van der Waals surface area contributed by atoms with Crippen LogP contribution in [0.3, 0.4) is 0 Å². The van der Waals surface area contributed by atoms with Crippen LogP contribution in [0.1, 0.15) is 56.4 Å². The van der Waals surface area contributed by atoms with Crippen molar-refractivity contribution < 1.29 is 22.6 Å². The van der Waals surface area contributed by atoms with Crippen molar-refractivity contribution in [1.29, 1.82) is 0 Å². The van der Waals surface area contributed by atoms with Gasteiger partial charge in [-0.15, -0.1) is 0 Å². The van der Waals surface area contributed by atoms with Crippen LogP contribution in [0.5, 0.6) is 11.5 Å². The van der Waals surface area contributed by atoms with Crippen molar-refractivity contribution in [2.45, 2.75) is 56.9 Å². The van der Waals surface area contributed by atoms with Gasteiger partial charge in [-0.2, -0.15) is 17.4 Å². The van der Waals surface area contributed by atoms with E-state index in [1.165, 1.54) is 16.3 Å². The summed E-state index contributed by atoms with van der Waals surface area (Å²) in [7, 11) is -3.38. The molecule has 184 valence electrons. The zero-order valence-electron chi connectivity index (χ0n) is 19.4. The summed E-state index contributed by atoms with van der Waals surface area (Å²) in [6.07, 6.45) is 7.65. The first kappa shape index (κ1) is 23.4. The molecule has 0 atom stereocenters. The first-order valence-corrected chi connectivity index (χ1v) is 14.0. The lowest BCUT2D eigenvalue weighted by Gasteiger charge is -2.35. The maximum absolute atomic E-state index is 12.6. The second-order valence-electron chi connectivity index (χ2n) is 9.84. The molecule has 3 aliphatic heterocycles. The molecule has 8 nitrogen and oxygen atoms in total. The normalized spacial score (nSPS) is 27.6. The van der Waals surface area contributed by atoms with E-state index in [9.17, 15) is 8.42 Å². The predicted molar refractivity (Wildman–Crippen MR) is 126 cm³/mol. The molecule has 1 aliphatic carbocycles. The minimum Gasteiger partial charge on any atom is -0.454 e. The summed E-state index contributed by atoms with van der Waals surface area (Å²) in [5, 5.41) is 0. The van der Waals surface area contributed by atoms with Gasteiger partial charge in [0.25, 0.3) is 10.2 Å². The van der Waals surface area contributed by atoms with Crippen LogP contribution in [-0.2, 0) is 14.9 Å². The number of para-hydroxylation sites is 1. The monoisotopic (exact) mass is 479 g/mol. The van der Waals surface area contributed by atoms with Gasteiger partial charge in [-0.05, 0) is 82.5 Å². The average molecular weight is 480 g/mol. The van der Waals surface area contributed by atoms with Crippen molar-refractivity contribution in [3.63, 3.8) is 0 Å². The van der Waals surface area contributed by atoms with Gasteiger partial charge in [0.05, 0.1) is 13.2 Å². The maximum atomic E-state index is 12.6. The molecule has 33 heavy (non-hydrogen) atoms. The summed E-state index contributed by atoms with van der Waals surface area (Å²) in [5.41, 5.74) is 1.31. The van der Waals surface area contributed by atoms with Gasteiger partial charge in [-0.1, -0.05) is 12.1 Å². The molecular weight excluding hydrogens is 442 g/mol. The van der Waals surface area contributed by atoms with Gasteiger partial charge < -0.3 is 19.1 Å². The molecule has 0 amide bonds. The number of benzene rings is 1. The zero-order chi connectivity index (χ0) is 22.7. The highest BCUT2D eigenvalue weighted by molar-refractivity contribution is 7.87.